The number of benzene rings is 1. The predicted octanol–water partition coefficient (Wildman–Crippen LogP) is 3.83. The second-order valence-corrected chi connectivity index (χ2v) is 7.00. The van der Waals surface area contributed by atoms with Crippen molar-refractivity contribution in [2.45, 2.75) is 45.6 Å². The number of nitrogens with one attached hydrogen (secondary N) is 1. The van der Waals surface area contributed by atoms with E-state index in [1.807, 2.05) is 13.0 Å². The minimum absolute atomic E-state index is 0.0174. The van der Waals surface area contributed by atoms with E-state index in [0.717, 1.165) is 12.0 Å². The first kappa shape index (κ1) is 19.5. The Labute approximate surface area is 152 Å². The summed E-state index contributed by atoms with van der Waals surface area (Å²) in [4.78, 5) is 12.6. The maximum absolute atomic E-state index is 13.4. The fourth-order valence-electron chi connectivity index (χ4n) is 2.68. The summed E-state index contributed by atoms with van der Waals surface area (Å²) in [6.07, 6.45) is 1.29. The number of hydrogen-bond donors (Lipinski definition) is 2. The van der Waals surface area contributed by atoms with Crippen LogP contribution in [0.2, 0.25) is 5.28 Å². The highest BCUT2D eigenvalue weighted by atomic mass is 35.5. The van der Waals surface area contributed by atoms with Gasteiger partial charge in [0.25, 0.3) is 0 Å². The van der Waals surface area contributed by atoms with Crippen molar-refractivity contribution in [2.75, 3.05) is 11.9 Å². The molecule has 1 aromatic carbocycles. The van der Waals surface area contributed by atoms with Crippen molar-refractivity contribution in [3.8, 4) is 0 Å². The standard InChI is InChI=1S/C18H24ClFN4O/c1-11(2)7-15(10-25)21-18-23-16(22-17(19)24-18)8-12(3)13-5-4-6-14(20)9-13/h4-6,9,11-12,15,25H,7-8,10H2,1-3H3,(H,21,22,23,24)/t12?,15-/m1/s1. The maximum atomic E-state index is 13.4. The van der Waals surface area contributed by atoms with E-state index in [1.54, 1.807) is 6.07 Å². The van der Waals surface area contributed by atoms with Gasteiger partial charge in [-0.3, -0.25) is 0 Å². The van der Waals surface area contributed by atoms with Gasteiger partial charge < -0.3 is 10.4 Å². The van der Waals surface area contributed by atoms with Gasteiger partial charge in [0.15, 0.2) is 0 Å². The first-order chi connectivity index (χ1) is 11.9. The average Bonchev–Trinajstić information content (AvgIpc) is 2.53. The van der Waals surface area contributed by atoms with Crippen LogP contribution in [0.5, 0.6) is 0 Å². The fourth-order valence-corrected chi connectivity index (χ4v) is 2.86. The normalized spacial score (nSPS) is 13.7. The van der Waals surface area contributed by atoms with E-state index in [9.17, 15) is 9.50 Å². The smallest absolute Gasteiger partial charge is 0.227 e. The van der Waals surface area contributed by atoms with Gasteiger partial charge in [0.2, 0.25) is 11.2 Å². The molecule has 5 nitrogen and oxygen atoms in total. The summed E-state index contributed by atoms with van der Waals surface area (Å²) in [6.45, 7) is 6.12. The number of rotatable bonds is 8. The lowest BCUT2D eigenvalue weighted by Gasteiger charge is -2.18. The van der Waals surface area contributed by atoms with Crippen LogP contribution in [0.4, 0.5) is 10.3 Å². The van der Waals surface area contributed by atoms with Crippen LogP contribution < -0.4 is 5.32 Å². The van der Waals surface area contributed by atoms with E-state index >= 15 is 0 Å². The fraction of sp³-hybridized carbons (Fsp3) is 0.500. The molecule has 1 aromatic heterocycles. The molecule has 1 heterocycles. The van der Waals surface area contributed by atoms with Crippen molar-refractivity contribution in [1.29, 1.82) is 0 Å². The molecule has 7 heteroatoms. The van der Waals surface area contributed by atoms with Gasteiger partial charge in [-0.25, -0.2) is 9.37 Å². The van der Waals surface area contributed by atoms with Crippen molar-refractivity contribution in [2.24, 2.45) is 5.92 Å². The Morgan fingerprint density at radius 1 is 1.20 bits per heavy atom. The number of aliphatic hydroxyl groups is 1. The summed E-state index contributed by atoms with van der Waals surface area (Å²) in [5, 5.41) is 12.7. The third-order valence-electron chi connectivity index (χ3n) is 3.87. The second-order valence-electron chi connectivity index (χ2n) is 6.66. The number of anilines is 1. The third-order valence-corrected chi connectivity index (χ3v) is 4.04. The van der Waals surface area contributed by atoms with E-state index in [4.69, 9.17) is 11.6 Å². The van der Waals surface area contributed by atoms with E-state index in [2.05, 4.69) is 34.1 Å². The molecule has 2 N–H and O–H groups in total. The summed E-state index contributed by atoms with van der Waals surface area (Å²) in [6, 6.07) is 6.35. The molecule has 2 rings (SSSR count). The molecule has 0 saturated heterocycles. The quantitative estimate of drug-likeness (QED) is 0.743. The highest BCUT2D eigenvalue weighted by Crippen LogP contribution is 2.21. The zero-order chi connectivity index (χ0) is 18.4. The SMILES string of the molecule is CC(C)C[C@H](CO)Nc1nc(Cl)nc(CC(C)c2cccc(F)c2)n1. The molecule has 0 radical (unpaired) electrons. The minimum Gasteiger partial charge on any atom is -0.394 e. The van der Waals surface area contributed by atoms with Crippen LogP contribution in [0.15, 0.2) is 24.3 Å². The molecule has 0 aliphatic carbocycles. The molecule has 0 amide bonds. The van der Waals surface area contributed by atoms with Crippen LogP contribution in [-0.4, -0.2) is 32.7 Å². The average molecular weight is 367 g/mol. The summed E-state index contributed by atoms with van der Waals surface area (Å²) < 4.78 is 13.4. The number of aromatic nitrogens is 3. The third kappa shape index (κ3) is 6.21. The second kappa shape index (κ2) is 9.06. The Balaban J connectivity index is 2.12. The van der Waals surface area contributed by atoms with Gasteiger partial charge in [-0.05, 0) is 47.6 Å². The van der Waals surface area contributed by atoms with Gasteiger partial charge >= 0.3 is 0 Å². The van der Waals surface area contributed by atoms with Crippen molar-refractivity contribution < 1.29 is 9.50 Å². The van der Waals surface area contributed by atoms with Crippen LogP contribution in [0.3, 0.4) is 0 Å². The Hall–Kier alpha value is -1.79. The first-order valence-corrected chi connectivity index (χ1v) is 8.78. The number of hydrogen-bond acceptors (Lipinski definition) is 5. The Morgan fingerprint density at radius 3 is 2.60 bits per heavy atom. The molecule has 0 fully saturated rings. The van der Waals surface area contributed by atoms with Gasteiger partial charge in [0, 0.05) is 6.42 Å². The molecule has 2 atom stereocenters. The van der Waals surface area contributed by atoms with Gasteiger partial charge in [-0.2, -0.15) is 9.97 Å². The summed E-state index contributed by atoms with van der Waals surface area (Å²) in [5.74, 6) is 1.07. The van der Waals surface area contributed by atoms with Gasteiger partial charge in [-0.15, -0.1) is 0 Å². The maximum Gasteiger partial charge on any atom is 0.227 e. The van der Waals surface area contributed by atoms with Gasteiger partial charge in [0.05, 0.1) is 12.6 Å². The highest BCUT2D eigenvalue weighted by molar-refractivity contribution is 6.28. The topological polar surface area (TPSA) is 70.9 Å². The molecule has 136 valence electrons. The first-order valence-electron chi connectivity index (χ1n) is 8.40. The largest absolute Gasteiger partial charge is 0.394 e. The lowest BCUT2D eigenvalue weighted by atomic mass is 9.97. The van der Waals surface area contributed by atoms with Crippen molar-refractivity contribution in [3.63, 3.8) is 0 Å². The predicted molar refractivity (Wildman–Crippen MR) is 97.3 cm³/mol. The summed E-state index contributed by atoms with van der Waals surface area (Å²) >= 11 is 6.01. The van der Waals surface area contributed by atoms with Crippen molar-refractivity contribution >= 4 is 17.5 Å². The van der Waals surface area contributed by atoms with Crippen molar-refractivity contribution in [3.05, 3.63) is 46.8 Å². The van der Waals surface area contributed by atoms with Gasteiger partial charge in [-0.1, -0.05) is 32.9 Å². The Morgan fingerprint density at radius 2 is 1.96 bits per heavy atom. The minimum atomic E-state index is -0.264. The number of halogens is 2. The molecule has 2 aromatic rings. The van der Waals surface area contributed by atoms with Crippen LogP contribution in [0.25, 0.3) is 0 Å². The molecule has 0 bridgehead atoms. The lowest BCUT2D eigenvalue weighted by Crippen LogP contribution is -2.27. The van der Waals surface area contributed by atoms with Crippen LogP contribution in [-0.2, 0) is 6.42 Å². The Bertz CT molecular complexity index is 699. The molecule has 0 saturated carbocycles. The molecule has 1 unspecified atom stereocenters. The molecule has 0 spiro atoms. The van der Waals surface area contributed by atoms with E-state index in [0.29, 0.717) is 24.1 Å². The van der Waals surface area contributed by atoms with E-state index in [1.165, 1.54) is 12.1 Å². The van der Waals surface area contributed by atoms with Gasteiger partial charge in [0.1, 0.15) is 11.6 Å². The van der Waals surface area contributed by atoms with E-state index < -0.39 is 0 Å². The molecule has 25 heavy (non-hydrogen) atoms. The Kier molecular flexibility index (Phi) is 7.08. The van der Waals surface area contributed by atoms with Crippen LogP contribution in [0.1, 0.15) is 44.5 Å². The summed E-state index contributed by atoms with van der Waals surface area (Å²) in [7, 11) is 0. The zero-order valence-electron chi connectivity index (χ0n) is 14.7. The molecular weight excluding hydrogens is 343 g/mol. The number of aliphatic hydroxyl groups excluding tert-OH is 1. The highest BCUT2D eigenvalue weighted by Gasteiger charge is 2.15. The van der Waals surface area contributed by atoms with E-state index in [-0.39, 0.29) is 29.7 Å². The van der Waals surface area contributed by atoms with Crippen LogP contribution >= 0.6 is 11.6 Å². The van der Waals surface area contributed by atoms with Crippen molar-refractivity contribution in [1.82, 2.24) is 15.0 Å². The molecule has 0 aliphatic rings. The van der Waals surface area contributed by atoms with Crippen LogP contribution in [0, 0.1) is 11.7 Å². The zero-order valence-corrected chi connectivity index (χ0v) is 15.5. The molecular formula is C18H24ClFN4O. The monoisotopic (exact) mass is 366 g/mol. The number of nitrogens with zero attached hydrogens (tertiary/aromatic N) is 3. The summed E-state index contributed by atoms with van der Waals surface area (Å²) in [5.41, 5.74) is 0.874. The lowest BCUT2D eigenvalue weighted by molar-refractivity contribution is 0.259. The molecule has 0 aliphatic heterocycles.